The van der Waals surface area contributed by atoms with Crippen molar-refractivity contribution in [1.82, 2.24) is 9.66 Å². The van der Waals surface area contributed by atoms with Crippen LogP contribution in [0.25, 0.3) is 10.9 Å². The van der Waals surface area contributed by atoms with Crippen LogP contribution in [-0.4, -0.2) is 27.9 Å². The van der Waals surface area contributed by atoms with Gasteiger partial charge in [-0.05, 0) is 60.0 Å². The van der Waals surface area contributed by atoms with E-state index >= 15 is 0 Å². The van der Waals surface area contributed by atoms with Crippen LogP contribution in [0.1, 0.15) is 30.3 Å². The van der Waals surface area contributed by atoms with Crippen molar-refractivity contribution < 1.29 is 14.4 Å². The summed E-state index contributed by atoms with van der Waals surface area (Å²) < 4.78 is 13.4. The molecule has 3 aromatic carbocycles. The summed E-state index contributed by atoms with van der Waals surface area (Å²) in [5.41, 5.74) is 1.66. The van der Waals surface area contributed by atoms with Gasteiger partial charge in [0.25, 0.3) is 11.2 Å². The Morgan fingerprint density at radius 2 is 1.95 bits per heavy atom. The molecule has 0 saturated carbocycles. The van der Waals surface area contributed by atoms with E-state index in [1.807, 2.05) is 13.0 Å². The molecule has 0 aliphatic heterocycles. The largest absolute Gasteiger partial charge is 0.493 e. The van der Waals surface area contributed by atoms with E-state index in [0.717, 1.165) is 16.5 Å². The van der Waals surface area contributed by atoms with Gasteiger partial charge in [0.15, 0.2) is 11.5 Å². The number of nitrogens with zero attached hydrogens (tertiary/aromatic N) is 4. The molecule has 0 amide bonds. The van der Waals surface area contributed by atoms with Gasteiger partial charge in [-0.3, -0.25) is 14.9 Å². The molecule has 1 heterocycles. The molecule has 0 N–H and O–H groups in total. The van der Waals surface area contributed by atoms with E-state index in [2.05, 4.69) is 26.0 Å². The zero-order chi connectivity index (χ0) is 26.5. The molecule has 4 aromatic rings. The Kier molecular flexibility index (Phi) is 8.20. The van der Waals surface area contributed by atoms with Gasteiger partial charge in [0.05, 0.1) is 34.2 Å². The molecule has 0 spiro atoms. The number of ether oxygens (including phenoxy) is 2. The Bertz CT molecular complexity index is 1550. The maximum Gasteiger partial charge on any atom is 0.282 e. The van der Waals surface area contributed by atoms with Crippen LogP contribution in [0.5, 0.6) is 11.5 Å². The summed E-state index contributed by atoms with van der Waals surface area (Å²) in [4.78, 5) is 28.2. The van der Waals surface area contributed by atoms with Crippen molar-refractivity contribution in [3.05, 3.63) is 102 Å². The first-order valence-corrected chi connectivity index (χ1v) is 12.5. The van der Waals surface area contributed by atoms with Gasteiger partial charge >= 0.3 is 0 Å². The average Bonchev–Trinajstić information content (AvgIpc) is 2.88. The molecule has 0 bridgehead atoms. The predicted octanol–water partition coefficient (Wildman–Crippen LogP) is 6.14. The monoisotopic (exact) mass is 584 g/mol. The lowest BCUT2D eigenvalue weighted by atomic mass is 10.2. The lowest BCUT2D eigenvalue weighted by Crippen LogP contribution is -2.22. The lowest BCUT2D eigenvalue weighted by molar-refractivity contribution is -0.384. The van der Waals surface area contributed by atoms with E-state index < -0.39 is 4.92 Å². The highest BCUT2D eigenvalue weighted by Gasteiger charge is 2.14. The molecule has 1 aromatic heterocycles. The highest BCUT2D eigenvalue weighted by molar-refractivity contribution is 9.10. The van der Waals surface area contributed by atoms with E-state index in [1.54, 1.807) is 36.4 Å². The lowest BCUT2D eigenvalue weighted by Gasteiger charge is -2.13. The van der Waals surface area contributed by atoms with Crippen molar-refractivity contribution in [2.45, 2.75) is 26.4 Å². The molecular formula is C26H22BrClN4O5. The zero-order valence-corrected chi connectivity index (χ0v) is 22.3. The van der Waals surface area contributed by atoms with Crippen molar-refractivity contribution in [2.24, 2.45) is 5.10 Å². The minimum Gasteiger partial charge on any atom is -0.493 e. The third-order valence-electron chi connectivity index (χ3n) is 5.45. The van der Waals surface area contributed by atoms with Crippen molar-refractivity contribution in [2.75, 3.05) is 7.11 Å². The van der Waals surface area contributed by atoms with Crippen molar-refractivity contribution in [1.29, 1.82) is 0 Å². The first-order valence-electron chi connectivity index (χ1n) is 11.3. The molecule has 37 heavy (non-hydrogen) atoms. The Hall–Kier alpha value is -3.76. The van der Waals surface area contributed by atoms with Gasteiger partial charge < -0.3 is 9.47 Å². The van der Waals surface area contributed by atoms with Crippen LogP contribution < -0.4 is 15.0 Å². The SMILES string of the molecule is CCCc1nc2ccc(Br)cc2c(=O)n1N=Cc1cc(Cl)c(OCc2ccc([N+](=O)[O-])cc2)c(OC)c1. The number of hydrogen-bond acceptors (Lipinski definition) is 7. The Labute approximate surface area is 225 Å². The number of nitro benzene ring substituents is 1. The number of hydrogen-bond donors (Lipinski definition) is 0. The number of benzene rings is 3. The second kappa shape index (κ2) is 11.5. The highest BCUT2D eigenvalue weighted by atomic mass is 79.9. The van der Waals surface area contributed by atoms with Crippen LogP contribution in [0.15, 0.2) is 69.0 Å². The molecule has 190 valence electrons. The maximum atomic E-state index is 13.2. The molecule has 0 unspecified atom stereocenters. The number of nitro groups is 1. The van der Waals surface area contributed by atoms with Gasteiger partial charge in [0.1, 0.15) is 12.4 Å². The number of rotatable bonds is 9. The minimum absolute atomic E-state index is 0.00143. The molecule has 0 aliphatic carbocycles. The van der Waals surface area contributed by atoms with Crippen LogP contribution in [0.4, 0.5) is 5.69 Å². The highest BCUT2D eigenvalue weighted by Crippen LogP contribution is 2.36. The smallest absolute Gasteiger partial charge is 0.282 e. The topological polar surface area (TPSA) is 109 Å². The predicted molar refractivity (Wildman–Crippen MR) is 146 cm³/mol. The summed E-state index contributed by atoms with van der Waals surface area (Å²) in [6, 6.07) is 14.8. The molecule has 11 heteroatoms. The van der Waals surface area contributed by atoms with Gasteiger partial charge in [-0.15, -0.1) is 0 Å². The minimum atomic E-state index is -0.461. The van der Waals surface area contributed by atoms with Gasteiger partial charge in [0.2, 0.25) is 0 Å². The summed E-state index contributed by atoms with van der Waals surface area (Å²) in [5.74, 6) is 1.25. The first-order chi connectivity index (χ1) is 17.8. The standard InChI is InChI=1S/C26H22BrClN4O5/c1-3-4-24-30-22-10-7-18(27)13-20(22)26(33)31(24)29-14-17-11-21(28)25(23(12-17)36-2)37-15-16-5-8-19(9-6-16)32(34)35/h5-14H,3-4,15H2,1-2H3. The first kappa shape index (κ1) is 26.3. The Balaban J connectivity index is 1.63. The van der Waals surface area contributed by atoms with Gasteiger partial charge in [-0.2, -0.15) is 9.78 Å². The van der Waals surface area contributed by atoms with E-state index in [0.29, 0.717) is 40.2 Å². The summed E-state index contributed by atoms with van der Waals surface area (Å²) in [6.45, 7) is 2.14. The van der Waals surface area contributed by atoms with Crippen LogP contribution >= 0.6 is 27.5 Å². The number of non-ortho nitro benzene ring substituents is 1. The quantitative estimate of drug-likeness (QED) is 0.133. The van der Waals surface area contributed by atoms with Crippen molar-refractivity contribution in [3.8, 4) is 11.5 Å². The summed E-state index contributed by atoms with van der Waals surface area (Å²) >= 11 is 9.90. The number of halogens is 2. The number of aryl methyl sites for hydroxylation is 1. The number of fused-ring (bicyclic) bond motifs is 1. The normalized spacial score (nSPS) is 11.2. The molecule has 0 saturated heterocycles. The van der Waals surface area contributed by atoms with Crippen molar-refractivity contribution in [3.63, 3.8) is 0 Å². The third-order valence-corrected chi connectivity index (χ3v) is 6.23. The number of aromatic nitrogens is 2. The molecule has 0 aliphatic rings. The van der Waals surface area contributed by atoms with E-state index in [-0.39, 0.29) is 22.9 Å². The molecular weight excluding hydrogens is 564 g/mol. The third kappa shape index (κ3) is 5.98. The van der Waals surface area contributed by atoms with E-state index in [4.69, 9.17) is 21.1 Å². The maximum absolute atomic E-state index is 13.2. The van der Waals surface area contributed by atoms with Gasteiger partial charge in [-0.25, -0.2) is 4.98 Å². The second-order valence-electron chi connectivity index (χ2n) is 8.05. The van der Waals surface area contributed by atoms with Gasteiger partial charge in [0, 0.05) is 23.0 Å². The summed E-state index contributed by atoms with van der Waals surface area (Å²) in [6.07, 6.45) is 2.89. The number of methoxy groups -OCH3 is 1. The van der Waals surface area contributed by atoms with Gasteiger partial charge in [-0.1, -0.05) is 34.5 Å². The molecule has 0 atom stereocenters. The van der Waals surface area contributed by atoms with E-state index in [9.17, 15) is 14.9 Å². The summed E-state index contributed by atoms with van der Waals surface area (Å²) in [5, 5.41) is 16.0. The van der Waals surface area contributed by atoms with Crippen LogP contribution in [-0.2, 0) is 13.0 Å². The fourth-order valence-corrected chi connectivity index (χ4v) is 4.28. The zero-order valence-electron chi connectivity index (χ0n) is 20.0. The fraction of sp³-hybridized carbons (Fsp3) is 0.192. The Morgan fingerprint density at radius 1 is 1.19 bits per heavy atom. The fourth-order valence-electron chi connectivity index (χ4n) is 3.65. The molecule has 0 radical (unpaired) electrons. The molecule has 9 nitrogen and oxygen atoms in total. The van der Waals surface area contributed by atoms with Crippen LogP contribution in [0.3, 0.4) is 0 Å². The second-order valence-corrected chi connectivity index (χ2v) is 9.37. The van der Waals surface area contributed by atoms with Crippen LogP contribution in [0, 0.1) is 10.1 Å². The molecule has 4 rings (SSSR count). The van der Waals surface area contributed by atoms with Crippen molar-refractivity contribution >= 4 is 50.3 Å². The summed E-state index contributed by atoms with van der Waals surface area (Å²) in [7, 11) is 1.49. The molecule has 0 fully saturated rings. The average molecular weight is 586 g/mol. The van der Waals surface area contributed by atoms with Crippen LogP contribution in [0.2, 0.25) is 5.02 Å². The van der Waals surface area contributed by atoms with E-state index in [1.165, 1.54) is 30.1 Å². The Morgan fingerprint density at radius 3 is 2.62 bits per heavy atom.